The number of carbonyl (C=O) groups excluding carboxylic acids is 2. The molecule has 0 aromatic heterocycles. The van der Waals surface area contributed by atoms with Crippen LogP contribution in [0.2, 0.25) is 0 Å². The molecule has 0 aliphatic rings. The van der Waals surface area contributed by atoms with Crippen LogP contribution >= 0.6 is 0 Å². The van der Waals surface area contributed by atoms with Crippen molar-refractivity contribution in [3.63, 3.8) is 0 Å². The van der Waals surface area contributed by atoms with E-state index >= 15 is 0 Å². The second kappa shape index (κ2) is 8.58. The van der Waals surface area contributed by atoms with Crippen LogP contribution in [0.1, 0.15) is 31.8 Å². The first-order valence-electron chi connectivity index (χ1n) is 8.49. The van der Waals surface area contributed by atoms with Crippen LogP contribution in [0.4, 0.5) is 5.69 Å². The molecule has 2 amide bonds. The largest absolute Gasteiger partial charge is 0.321 e. The number of rotatable bonds is 5. The lowest BCUT2D eigenvalue weighted by Gasteiger charge is -2.10. The van der Waals surface area contributed by atoms with E-state index < -0.39 is 5.91 Å². The smallest absolute Gasteiger partial charge is 0.273 e. The minimum absolute atomic E-state index is 0.279. The lowest BCUT2D eigenvalue weighted by atomic mass is 10.1. The SMILES string of the molecule is Cc1ccc(/C=N/NC(=O)c2ccccc2NC(=O)c2ccccc2)cc1. The van der Waals surface area contributed by atoms with Gasteiger partial charge in [0.05, 0.1) is 17.5 Å². The monoisotopic (exact) mass is 357 g/mol. The van der Waals surface area contributed by atoms with Gasteiger partial charge in [0, 0.05) is 5.56 Å². The standard InChI is InChI=1S/C22H19N3O2/c1-16-11-13-17(14-12-16)15-23-25-22(27)19-9-5-6-10-20(19)24-21(26)18-7-3-2-4-8-18/h2-15H,1H3,(H,24,26)(H,25,27)/b23-15+. The van der Waals surface area contributed by atoms with E-state index in [1.807, 2.05) is 37.3 Å². The van der Waals surface area contributed by atoms with Gasteiger partial charge in [0.25, 0.3) is 11.8 Å². The van der Waals surface area contributed by atoms with E-state index in [0.29, 0.717) is 16.8 Å². The lowest BCUT2D eigenvalue weighted by molar-refractivity contribution is 0.0956. The van der Waals surface area contributed by atoms with Crippen LogP contribution in [0, 0.1) is 6.92 Å². The first kappa shape index (κ1) is 18.1. The molecule has 3 aromatic carbocycles. The predicted octanol–water partition coefficient (Wildman–Crippen LogP) is 4.01. The number of amides is 2. The number of nitrogens with zero attached hydrogens (tertiary/aromatic N) is 1. The van der Waals surface area contributed by atoms with Gasteiger partial charge in [0.1, 0.15) is 0 Å². The van der Waals surface area contributed by atoms with Crippen LogP contribution < -0.4 is 10.7 Å². The number of aryl methyl sites for hydroxylation is 1. The number of benzene rings is 3. The molecule has 0 atom stereocenters. The maximum atomic E-state index is 12.5. The second-order valence-corrected chi connectivity index (χ2v) is 5.98. The molecule has 0 saturated carbocycles. The van der Waals surface area contributed by atoms with Crippen LogP contribution in [-0.4, -0.2) is 18.0 Å². The summed E-state index contributed by atoms with van der Waals surface area (Å²) in [6.07, 6.45) is 1.57. The average molecular weight is 357 g/mol. The van der Waals surface area contributed by atoms with Gasteiger partial charge in [-0.3, -0.25) is 9.59 Å². The molecule has 0 spiro atoms. The van der Waals surface area contributed by atoms with Gasteiger partial charge in [-0.05, 0) is 36.8 Å². The Labute approximate surface area is 157 Å². The quantitative estimate of drug-likeness (QED) is 0.535. The van der Waals surface area contributed by atoms with E-state index in [-0.39, 0.29) is 5.91 Å². The normalized spacial score (nSPS) is 10.6. The Bertz CT molecular complexity index is 964. The molecule has 0 saturated heterocycles. The molecular weight excluding hydrogens is 338 g/mol. The fraction of sp³-hybridized carbons (Fsp3) is 0.0455. The number of anilines is 1. The van der Waals surface area contributed by atoms with Crippen molar-refractivity contribution in [2.75, 3.05) is 5.32 Å². The molecule has 0 radical (unpaired) electrons. The summed E-state index contributed by atoms with van der Waals surface area (Å²) in [5.74, 6) is -0.679. The van der Waals surface area contributed by atoms with Crippen molar-refractivity contribution in [1.29, 1.82) is 0 Å². The topological polar surface area (TPSA) is 70.6 Å². The van der Waals surface area contributed by atoms with Crippen molar-refractivity contribution in [2.24, 2.45) is 5.10 Å². The summed E-state index contributed by atoms with van der Waals surface area (Å²) in [5.41, 5.74) is 5.81. The zero-order valence-corrected chi connectivity index (χ0v) is 14.8. The predicted molar refractivity (Wildman–Crippen MR) is 107 cm³/mol. The molecular formula is C22H19N3O2. The molecule has 0 fully saturated rings. The van der Waals surface area contributed by atoms with E-state index in [4.69, 9.17) is 0 Å². The molecule has 0 aliphatic heterocycles. The molecule has 3 aromatic rings. The lowest BCUT2D eigenvalue weighted by Crippen LogP contribution is -2.21. The van der Waals surface area contributed by atoms with Crippen molar-refractivity contribution in [3.05, 3.63) is 101 Å². The first-order chi connectivity index (χ1) is 13.1. The Morgan fingerprint density at radius 1 is 0.815 bits per heavy atom. The third-order valence-electron chi connectivity index (χ3n) is 3.91. The molecule has 0 bridgehead atoms. The summed E-state index contributed by atoms with van der Waals surface area (Å²) in [6, 6.07) is 23.4. The Kier molecular flexibility index (Phi) is 5.74. The molecule has 2 N–H and O–H groups in total. The second-order valence-electron chi connectivity index (χ2n) is 5.98. The zero-order valence-electron chi connectivity index (χ0n) is 14.8. The Balaban J connectivity index is 1.70. The van der Waals surface area contributed by atoms with Crippen molar-refractivity contribution in [2.45, 2.75) is 6.92 Å². The van der Waals surface area contributed by atoms with Gasteiger partial charge in [-0.1, -0.05) is 60.2 Å². The molecule has 3 rings (SSSR count). The summed E-state index contributed by atoms with van der Waals surface area (Å²) in [5, 5.41) is 6.76. The molecule has 5 heteroatoms. The van der Waals surface area contributed by atoms with Crippen molar-refractivity contribution in [3.8, 4) is 0 Å². The van der Waals surface area contributed by atoms with Crippen LogP contribution in [0.3, 0.4) is 0 Å². The van der Waals surface area contributed by atoms with Crippen LogP contribution in [0.5, 0.6) is 0 Å². The highest BCUT2D eigenvalue weighted by Gasteiger charge is 2.13. The number of hydrogen-bond acceptors (Lipinski definition) is 3. The molecule has 0 heterocycles. The highest BCUT2D eigenvalue weighted by molar-refractivity contribution is 6.09. The molecule has 27 heavy (non-hydrogen) atoms. The Morgan fingerprint density at radius 2 is 1.48 bits per heavy atom. The molecule has 0 aliphatic carbocycles. The average Bonchev–Trinajstić information content (AvgIpc) is 2.70. The van der Waals surface area contributed by atoms with Gasteiger partial charge in [-0.2, -0.15) is 5.10 Å². The zero-order chi connectivity index (χ0) is 19.1. The highest BCUT2D eigenvalue weighted by atomic mass is 16.2. The minimum atomic E-state index is -0.401. The third kappa shape index (κ3) is 4.89. The van der Waals surface area contributed by atoms with Gasteiger partial charge >= 0.3 is 0 Å². The highest BCUT2D eigenvalue weighted by Crippen LogP contribution is 2.16. The van der Waals surface area contributed by atoms with Crippen LogP contribution in [-0.2, 0) is 0 Å². The first-order valence-corrected chi connectivity index (χ1v) is 8.49. The Morgan fingerprint density at radius 3 is 2.22 bits per heavy atom. The van der Waals surface area contributed by atoms with Gasteiger partial charge in [-0.15, -0.1) is 0 Å². The number of hydrogen-bond donors (Lipinski definition) is 2. The fourth-order valence-electron chi connectivity index (χ4n) is 2.45. The van der Waals surface area contributed by atoms with E-state index in [1.165, 1.54) is 0 Å². The van der Waals surface area contributed by atoms with Gasteiger partial charge in [0.15, 0.2) is 0 Å². The molecule has 0 unspecified atom stereocenters. The maximum Gasteiger partial charge on any atom is 0.273 e. The van der Waals surface area contributed by atoms with Crippen LogP contribution in [0.25, 0.3) is 0 Å². The van der Waals surface area contributed by atoms with Gasteiger partial charge in [0.2, 0.25) is 0 Å². The van der Waals surface area contributed by atoms with Crippen molar-refractivity contribution < 1.29 is 9.59 Å². The Hall–Kier alpha value is -3.73. The van der Waals surface area contributed by atoms with Gasteiger partial charge < -0.3 is 5.32 Å². The number of carbonyl (C=O) groups is 2. The molecule has 134 valence electrons. The minimum Gasteiger partial charge on any atom is -0.321 e. The van der Waals surface area contributed by atoms with E-state index in [2.05, 4.69) is 15.8 Å². The van der Waals surface area contributed by atoms with E-state index in [0.717, 1.165) is 11.1 Å². The van der Waals surface area contributed by atoms with Crippen LogP contribution in [0.15, 0.2) is 84.0 Å². The number of nitrogens with one attached hydrogen (secondary N) is 2. The number of hydrazone groups is 1. The van der Waals surface area contributed by atoms with Crippen molar-refractivity contribution in [1.82, 2.24) is 5.43 Å². The van der Waals surface area contributed by atoms with E-state index in [9.17, 15) is 9.59 Å². The van der Waals surface area contributed by atoms with Crippen molar-refractivity contribution >= 4 is 23.7 Å². The summed E-state index contributed by atoms with van der Waals surface area (Å²) in [4.78, 5) is 24.8. The fourth-order valence-corrected chi connectivity index (χ4v) is 2.45. The summed E-state index contributed by atoms with van der Waals surface area (Å²) in [7, 11) is 0. The summed E-state index contributed by atoms with van der Waals surface area (Å²) in [6.45, 7) is 2.00. The summed E-state index contributed by atoms with van der Waals surface area (Å²) < 4.78 is 0. The molecule has 5 nitrogen and oxygen atoms in total. The third-order valence-corrected chi connectivity index (χ3v) is 3.91. The maximum absolute atomic E-state index is 12.5. The van der Waals surface area contributed by atoms with Gasteiger partial charge in [-0.25, -0.2) is 5.43 Å². The number of para-hydroxylation sites is 1. The van der Waals surface area contributed by atoms with E-state index in [1.54, 1.807) is 54.7 Å². The summed E-state index contributed by atoms with van der Waals surface area (Å²) >= 11 is 0.